The molecule has 0 spiro atoms. The minimum Gasteiger partial charge on any atom is -0.496 e. The lowest BCUT2D eigenvalue weighted by atomic mass is 9.91. The molecule has 0 aliphatic heterocycles. The third-order valence-corrected chi connectivity index (χ3v) is 3.52. The highest BCUT2D eigenvalue weighted by Crippen LogP contribution is 2.29. The third kappa shape index (κ3) is 3.29. The van der Waals surface area contributed by atoms with Gasteiger partial charge in [0, 0.05) is 4.47 Å². The molecule has 2 aromatic rings. The van der Waals surface area contributed by atoms with Gasteiger partial charge in [0.05, 0.1) is 18.7 Å². The molecule has 21 heavy (non-hydrogen) atoms. The lowest BCUT2D eigenvalue weighted by molar-refractivity contribution is 0.0976. The van der Waals surface area contributed by atoms with E-state index in [4.69, 9.17) is 4.74 Å². The molecule has 5 heteroatoms. The maximum absolute atomic E-state index is 12.9. The van der Waals surface area contributed by atoms with Crippen LogP contribution in [-0.4, -0.2) is 12.9 Å². The molecule has 0 N–H and O–H groups in total. The Morgan fingerprint density at radius 1 is 1.29 bits per heavy atom. The Morgan fingerprint density at radius 2 is 1.95 bits per heavy atom. The molecule has 106 valence electrons. The van der Waals surface area contributed by atoms with Gasteiger partial charge in [0.15, 0.2) is 5.78 Å². The van der Waals surface area contributed by atoms with E-state index in [1.165, 1.54) is 31.4 Å². The highest BCUT2D eigenvalue weighted by atomic mass is 79.9. The summed E-state index contributed by atoms with van der Waals surface area (Å²) in [5, 5.41) is 9.28. The van der Waals surface area contributed by atoms with Crippen LogP contribution in [0.1, 0.15) is 21.8 Å². The largest absolute Gasteiger partial charge is 0.496 e. The zero-order chi connectivity index (χ0) is 15.4. The van der Waals surface area contributed by atoms with Crippen LogP contribution in [0.4, 0.5) is 4.39 Å². The van der Waals surface area contributed by atoms with Gasteiger partial charge in [0.1, 0.15) is 17.5 Å². The second kappa shape index (κ2) is 6.51. The first-order chi connectivity index (χ1) is 10.1. The van der Waals surface area contributed by atoms with E-state index in [0.717, 1.165) is 4.47 Å². The number of Topliss-reactive ketones (excluding diaryl/α,β-unsaturated/α-hetero) is 1. The average Bonchev–Trinajstić information content (AvgIpc) is 2.49. The van der Waals surface area contributed by atoms with E-state index in [0.29, 0.717) is 16.9 Å². The quantitative estimate of drug-likeness (QED) is 0.782. The number of nitrogens with zero attached hydrogens (tertiary/aromatic N) is 1. The highest BCUT2D eigenvalue weighted by Gasteiger charge is 2.24. The number of carbonyl (C=O) groups excluding carboxylic acids is 1. The van der Waals surface area contributed by atoms with Gasteiger partial charge in [0.2, 0.25) is 0 Å². The zero-order valence-electron chi connectivity index (χ0n) is 11.1. The topological polar surface area (TPSA) is 50.1 Å². The summed E-state index contributed by atoms with van der Waals surface area (Å²) in [5.74, 6) is -1.41. The van der Waals surface area contributed by atoms with Crippen LogP contribution in [-0.2, 0) is 0 Å². The van der Waals surface area contributed by atoms with Crippen LogP contribution >= 0.6 is 15.9 Å². The number of nitriles is 1. The molecule has 1 atom stereocenters. The number of benzene rings is 2. The molecule has 0 fully saturated rings. The van der Waals surface area contributed by atoms with E-state index in [-0.39, 0.29) is 5.78 Å². The van der Waals surface area contributed by atoms with Gasteiger partial charge in [-0.1, -0.05) is 28.1 Å². The second-order valence-corrected chi connectivity index (χ2v) is 5.24. The van der Waals surface area contributed by atoms with Crippen LogP contribution in [0.3, 0.4) is 0 Å². The average molecular weight is 348 g/mol. The van der Waals surface area contributed by atoms with Gasteiger partial charge in [0.25, 0.3) is 0 Å². The minimum atomic E-state index is -0.999. The molecule has 0 aliphatic rings. The lowest BCUT2D eigenvalue weighted by Crippen LogP contribution is -2.12. The molecule has 0 bridgehead atoms. The molecule has 2 rings (SSSR count). The monoisotopic (exact) mass is 347 g/mol. The summed E-state index contributed by atoms with van der Waals surface area (Å²) in [6.07, 6.45) is 0. The summed E-state index contributed by atoms with van der Waals surface area (Å²) >= 11 is 3.30. The summed E-state index contributed by atoms with van der Waals surface area (Å²) in [6, 6.07) is 12.3. The molecular weight excluding hydrogens is 337 g/mol. The van der Waals surface area contributed by atoms with Gasteiger partial charge >= 0.3 is 0 Å². The number of ketones is 1. The Bertz CT molecular complexity index is 707. The van der Waals surface area contributed by atoms with Crippen molar-refractivity contribution in [2.45, 2.75) is 5.92 Å². The fourth-order valence-electron chi connectivity index (χ4n) is 1.96. The SMILES string of the molecule is COc1cc(Br)ccc1C(=O)C(C#N)c1ccc(F)cc1. The molecule has 0 heterocycles. The first kappa shape index (κ1) is 15.2. The van der Waals surface area contributed by atoms with Crippen LogP contribution in [0.5, 0.6) is 5.75 Å². The Hall–Kier alpha value is -2.19. The molecular formula is C16H11BrFNO2. The summed E-state index contributed by atoms with van der Waals surface area (Å²) in [7, 11) is 1.46. The maximum Gasteiger partial charge on any atom is 0.188 e. The van der Waals surface area contributed by atoms with Crippen molar-refractivity contribution in [2.24, 2.45) is 0 Å². The smallest absolute Gasteiger partial charge is 0.188 e. The summed E-state index contributed by atoms with van der Waals surface area (Å²) in [5.41, 5.74) is 0.769. The minimum absolute atomic E-state index is 0.316. The van der Waals surface area contributed by atoms with Crippen LogP contribution < -0.4 is 4.74 Å². The molecule has 0 radical (unpaired) electrons. The van der Waals surface area contributed by atoms with Gasteiger partial charge in [-0.05, 0) is 35.9 Å². The Balaban J connectivity index is 2.42. The van der Waals surface area contributed by atoms with Gasteiger partial charge in [-0.15, -0.1) is 0 Å². The van der Waals surface area contributed by atoms with Gasteiger partial charge in [-0.25, -0.2) is 4.39 Å². The van der Waals surface area contributed by atoms with Crippen LogP contribution in [0.2, 0.25) is 0 Å². The van der Waals surface area contributed by atoms with E-state index < -0.39 is 11.7 Å². The zero-order valence-corrected chi connectivity index (χ0v) is 12.7. The van der Waals surface area contributed by atoms with E-state index in [9.17, 15) is 14.4 Å². The van der Waals surface area contributed by atoms with Gasteiger partial charge < -0.3 is 4.74 Å². The van der Waals surface area contributed by atoms with Crippen molar-refractivity contribution < 1.29 is 13.9 Å². The van der Waals surface area contributed by atoms with Crippen molar-refractivity contribution in [3.8, 4) is 11.8 Å². The van der Waals surface area contributed by atoms with E-state index >= 15 is 0 Å². The summed E-state index contributed by atoms with van der Waals surface area (Å²) < 4.78 is 18.9. The standard InChI is InChI=1S/C16H11BrFNO2/c1-21-15-8-11(17)4-7-13(15)16(20)14(9-19)10-2-5-12(18)6-3-10/h2-8,14H,1H3. The van der Waals surface area contributed by atoms with Crippen LogP contribution in [0, 0.1) is 17.1 Å². The number of hydrogen-bond acceptors (Lipinski definition) is 3. The van der Waals surface area contributed by atoms with E-state index in [2.05, 4.69) is 15.9 Å². The molecule has 0 saturated carbocycles. The summed E-state index contributed by atoms with van der Waals surface area (Å²) in [6.45, 7) is 0. The Kier molecular flexibility index (Phi) is 4.71. The Morgan fingerprint density at radius 3 is 2.52 bits per heavy atom. The molecule has 2 aromatic carbocycles. The van der Waals surface area contributed by atoms with Gasteiger partial charge in [-0.3, -0.25) is 4.79 Å². The normalized spacial score (nSPS) is 11.5. The maximum atomic E-state index is 12.9. The Labute approximate surface area is 130 Å². The van der Waals surface area contributed by atoms with Crippen molar-refractivity contribution in [2.75, 3.05) is 7.11 Å². The molecule has 0 aliphatic carbocycles. The van der Waals surface area contributed by atoms with Crippen molar-refractivity contribution in [1.82, 2.24) is 0 Å². The first-order valence-corrected chi connectivity index (χ1v) is 6.89. The number of ether oxygens (including phenoxy) is 1. The molecule has 0 aromatic heterocycles. The highest BCUT2D eigenvalue weighted by molar-refractivity contribution is 9.10. The van der Waals surface area contributed by atoms with Crippen molar-refractivity contribution in [1.29, 1.82) is 5.26 Å². The van der Waals surface area contributed by atoms with Crippen molar-refractivity contribution in [3.63, 3.8) is 0 Å². The van der Waals surface area contributed by atoms with E-state index in [1.807, 2.05) is 6.07 Å². The van der Waals surface area contributed by atoms with Crippen LogP contribution in [0.25, 0.3) is 0 Å². The van der Waals surface area contributed by atoms with Gasteiger partial charge in [-0.2, -0.15) is 5.26 Å². The number of rotatable bonds is 4. The van der Waals surface area contributed by atoms with Crippen molar-refractivity contribution in [3.05, 3.63) is 63.9 Å². The number of methoxy groups -OCH3 is 1. The molecule has 3 nitrogen and oxygen atoms in total. The number of halogens is 2. The number of hydrogen-bond donors (Lipinski definition) is 0. The fraction of sp³-hybridized carbons (Fsp3) is 0.125. The molecule has 1 unspecified atom stereocenters. The second-order valence-electron chi connectivity index (χ2n) is 4.32. The fourth-order valence-corrected chi connectivity index (χ4v) is 2.30. The first-order valence-electron chi connectivity index (χ1n) is 6.09. The number of carbonyl (C=O) groups is 1. The molecule has 0 amide bonds. The molecule has 0 saturated heterocycles. The predicted octanol–water partition coefficient (Wildman–Crippen LogP) is 4.09. The van der Waals surface area contributed by atoms with E-state index in [1.54, 1.807) is 18.2 Å². The van der Waals surface area contributed by atoms with Crippen molar-refractivity contribution >= 4 is 21.7 Å². The van der Waals surface area contributed by atoms with Crippen LogP contribution in [0.15, 0.2) is 46.9 Å². The third-order valence-electron chi connectivity index (χ3n) is 3.02. The summed E-state index contributed by atoms with van der Waals surface area (Å²) in [4.78, 5) is 12.5. The lowest BCUT2D eigenvalue weighted by Gasteiger charge is -2.12. The predicted molar refractivity (Wildman–Crippen MR) is 79.8 cm³/mol.